The minimum atomic E-state index is 0.0250. The van der Waals surface area contributed by atoms with Crippen LogP contribution in [0.2, 0.25) is 0 Å². The fraction of sp³-hybridized carbons (Fsp3) is 0.154. The van der Waals surface area contributed by atoms with Crippen molar-refractivity contribution < 1.29 is 4.79 Å². The molecule has 1 aromatic heterocycles. The van der Waals surface area contributed by atoms with Crippen LogP contribution in [0.25, 0.3) is 28.2 Å². The minimum absolute atomic E-state index is 0.0250. The zero-order valence-corrected chi connectivity index (χ0v) is 18.3. The van der Waals surface area contributed by atoms with Gasteiger partial charge in [0.2, 0.25) is 5.91 Å². The quantitative estimate of drug-likeness (QED) is 0.360. The summed E-state index contributed by atoms with van der Waals surface area (Å²) in [7, 11) is 0. The van der Waals surface area contributed by atoms with E-state index in [2.05, 4.69) is 46.3 Å². The Bertz CT molecular complexity index is 1130. The summed E-state index contributed by atoms with van der Waals surface area (Å²) < 4.78 is 2.16. The van der Waals surface area contributed by atoms with Crippen molar-refractivity contribution in [3.63, 3.8) is 0 Å². The summed E-state index contributed by atoms with van der Waals surface area (Å²) in [6.45, 7) is 2.74. The van der Waals surface area contributed by atoms with E-state index in [4.69, 9.17) is 4.98 Å². The Morgan fingerprint density at radius 2 is 1.45 bits per heavy atom. The van der Waals surface area contributed by atoms with Crippen LogP contribution in [0.3, 0.4) is 0 Å². The van der Waals surface area contributed by atoms with Gasteiger partial charge in [0.25, 0.3) is 0 Å². The van der Waals surface area contributed by atoms with E-state index in [1.54, 1.807) is 0 Å². The Kier molecular flexibility index (Phi) is 6.85. The lowest BCUT2D eigenvalue weighted by atomic mass is 10.0. The highest BCUT2D eigenvalue weighted by Gasteiger charge is 2.22. The predicted octanol–water partition coefficient (Wildman–Crippen LogP) is 5.82. The Morgan fingerprint density at radius 3 is 2.06 bits per heavy atom. The molecule has 0 unspecified atom stereocenters. The zero-order chi connectivity index (χ0) is 21.5. The van der Waals surface area contributed by atoms with E-state index in [9.17, 15) is 4.79 Å². The molecule has 0 spiro atoms. The number of hydrogen-bond donors (Lipinski definition) is 1. The van der Waals surface area contributed by atoms with E-state index >= 15 is 0 Å². The van der Waals surface area contributed by atoms with E-state index in [0.717, 1.165) is 39.8 Å². The van der Waals surface area contributed by atoms with Crippen molar-refractivity contribution >= 4 is 17.7 Å². The summed E-state index contributed by atoms with van der Waals surface area (Å²) in [6, 6.07) is 30.7. The molecule has 156 valence electrons. The average Bonchev–Trinajstić information content (AvgIpc) is 3.22. The maximum atomic E-state index is 12.3. The third-order valence-corrected chi connectivity index (χ3v) is 5.80. The smallest absolute Gasteiger partial charge is 0.230 e. The summed E-state index contributed by atoms with van der Waals surface area (Å²) in [4.78, 5) is 17.3. The maximum Gasteiger partial charge on any atom is 0.230 e. The van der Waals surface area contributed by atoms with Gasteiger partial charge in [-0.2, -0.15) is 0 Å². The zero-order valence-electron chi connectivity index (χ0n) is 17.5. The fourth-order valence-electron chi connectivity index (χ4n) is 3.42. The number of aromatic nitrogens is 2. The molecule has 1 N–H and O–H groups in total. The number of imidazole rings is 1. The molecule has 31 heavy (non-hydrogen) atoms. The second-order valence-electron chi connectivity index (χ2n) is 7.13. The Balaban J connectivity index is 1.86. The van der Waals surface area contributed by atoms with Crippen LogP contribution in [0.1, 0.15) is 13.3 Å². The predicted molar refractivity (Wildman–Crippen MR) is 128 cm³/mol. The van der Waals surface area contributed by atoms with Crippen molar-refractivity contribution in [3.8, 4) is 28.2 Å². The van der Waals surface area contributed by atoms with Gasteiger partial charge in [0, 0.05) is 23.4 Å². The molecule has 0 atom stereocenters. The van der Waals surface area contributed by atoms with Gasteiger partial charge in [0.05, 0.1) is 17.1 Å². The van der Waals surface area contributed by atoms with Gasteiger partial charge in [0.15, 0.2) is 5.16 Å². The molecule has 0 radical (unpaired) electrons. The first-order chi connectivity index (χ1) is 15.3. The van der Waals surface area contributed by atoms with Crippen LogP contribution in [-0.2, 0) is 4.79 Å². The maximum absolute atomic E-state index is 12.3. The molecule has 0 fully saturated rings. The Labute approximate surface area is 187 Å². The molecule has 1 amide bonds. The van der Waals surface area contributed by atoms with E-state index < -0.39 is 0 Å². The topological polar surface area (TPSA) is 46.9 Å². The van der Waals surface area contributed by atoms with Crippen LogP contribution in [0.4, 0.5) is 0 Å². The van der Waals surface area contributed by atoms with Gasteiger partial charge in [0.1, 0.15) is 0 Å². The standard InChI is InChI=1S/C26H25N3OS/c1-2-18-27-23(30)19-31-26-28-24(20-12-6-3-7-13-20)25(21-14-8-4-9-15-21)29(26)22-16-10-5-11-17-22/h3-17H,2,18-19H2,1H3,(H,27,30). The van der Waals surface area contributed by atoms with Gasteiger partial charge in [-0.3, -0.25) is 9.36 Å². The minimum Gasteiger partial charge on any atom is -0.355 e. The lowest BCUT2D eigenvalue weighted by Gasteiger charge is -2.13. The lowest BCUT2D eigenvalue weighted by Crippen LogP contribution is -2.25. The fourth-order valence-corrected chi connectivity index (χ4v) is 4.26. The number of carbonyl (C=O) groups excluding carboxylic acids is 1. The number of carbonyl (C=O) groups is 1. The number of thioether (sulfide) groups is 1. The third kappa shape index (κ3) is 4.89. The Hall–Kier alpha value is -3.31. The van der Waals surface area contributed by atoms with Gasteiger partial charge in [-0.1, -0.05) is 97.5 Å². The van der Waals surface area contributed by atoms with Gasteiger partial charge < -0.3 is 5.32 Å². The van der Waals surface area contributed by atoms with E-state index in [0.29, 0.717) is 12.3 Å². The largest absolute Gasteiger partial charge is 0.355 e. The molecule has 0 bridgehead atoms. The molecule has 0 aliphatic carbocycles. The van der Waals surface area contributed by atoms with Crippen LogP contribution in [0, 0.1) is 0 Å². The number of para-hydroxylation sites is 1. The molecular formula is C26H25N3OS. The normalized spacial score (nSPS) is 10.7. The van der Waals surface area contributed by atoms with Crippen molar-refractivity contribution in [2.45, 2.75) is 18.5 Å². The molecule has 4 aromatic rings. The molecule has 4 nitrogen and oxygen atoms in total. The molecule has 0 saturated heterocycles. The van der Waals surface area contributed by atoms with Gasteiger partial charge in [-0.15, -0.1) is 0 Å². The molecule has 4 rings (SSSR count). The highest BCUT2D eigenvalue weighted by atomic mass is 32.2. The highest BCUT2D eigenvalue weighted by molar-refractivity contribution is 7.99. The van der Waals surface area contributed by atoms with Crippen molar-refractivity contribution in [1.82, 2.24) is 14.9 Å². The van der Waals surface area contributed by atoms with Crippen molar-refractivity contribution in [2.75, 3.05) is 12.3 Å². The molecule has 5 heteroatoms. The lowest BCUT2D eigenvalue weighted by molar-refractivity contribution is -0.118. The van der Waals surface area contributed by atoms with Crippen LogP contribution >= 0.6 is 11.8 Å². The van der Waals surface area contributed by atoms with Gasteiger partial charge in [-0.25, -0.2) is 4.98 Å². The van der Waals surface area contributed by atoms with E-state index in [1.807, 2.05) is 61.5 Å². The first kappa shape index (κ1) is 20.9. The molecule has 0 aliphatic rings. The first-order valence-electron chi connectivity index (χ1n) is 10.5. The number of nitrogens with one attached hydrogen (secondary N) is 1. The summed E-state index contributed by atoms with van der Waals surface area (Å²) in [5.74, 6) is 0.351. The SMILES string of the molecule is CCCNC(=O)CSc1nc(-c2ccccc2)c(-c2ccccc2)n1-c1ccccc1. The monoisotopic (exact) mass is 427 g/mol. The summed E-state index contributed by atoms with van der Waals surface area (Å²) in [5, 5.41) is 3.75. The van der Waals surface area contributed by atoms with Crippen LogP contribution < -0.4 is 5.32 Å². The van der Waals surface area contributed by atoms with Crippen LogP contribution in [-0.4, -0.2) is 27.8 Å². The summed E-state index contributed by atoms with van der Waals surface area (Å²) in [6.07, 6.45) is 0.922. The van der Waals surface area contributed by atoms with Gasteiger partial charge in [-0.05, 0) is 18.6 Å². The highest BCUT2D eigenvalue weighted by Crippen LogP contribution is 2.38. The third-order valence-electron chi connectivity index (χ3n) is 4.86. The molecular weight excluding hydrogens is 402 g/mol. The number of hydrogen-bond acceptors (Lipinski definition) is 3. The number of rotatable bonds is 8. The summed E-state index contributed by atoms with van der Waals surface area (Å²) in [5.41, 5.74) is 5.09. The van der Waals surface area contributed by atoms with Crippen LogP contribution in [0.5, 0.6) is 0 Å². The second kappa shape index (κ2) is 10.1. The second-order valence-corrected chi connectivity index (χ2v) is 8.08. The molecule has 3 aromatic carbocycles. The van der Waals surface area contributed by atoms with E-state index in [-0.39, 0.29) is 5.91 Å². The van der Waals surface area contributed by atoms with Crippen LogP contribution in [0.15, 0.2) is 96.2 Å². The molecule has 1 heterocycles. The summed E-state index contributed by atoms with van der Waals surface area (Å²) >= 11 is 1.46. The Morgan fingerprint density at radius 1 is 0.871 bits per heavy atom. The number of benzene rings is 3. The molecule has 0 saturated carbocycles. The van der Waals surface area contributed by atoms with Gasteiger partial charge >= 0.3 is 0 Å². The average molecular weight is 428 g/mol. The number of amides is 1. The van der Waals surface area contributed by atoms with Crippen molar-refractivity contribution in [2.24, 2.45) is 0 Å². The first-order valence-corrected chi connectivity index (χ1v) is 11.4. The number of nitrogens with zero attached hydrogens (tertiary/aromatic N) is 2. The van der Waals surface area contributed by atoms with E-state index in [1.165, 1.54) is 11.8 Å². The molecule has 0 aliphatic heterocycles. The van der Waals surface area contributed by atoms with Crippen molar-refractivity contribution in [1.29, 1.82) is 0 Å². The van der Waals surface area contributed by atoms with Crippen molar-refractivity contribution in [3.05, 3.63) is 91.0 Å².